The zero-order chi connectivity index (χ0) is 13.1. The maximum absolute atomic E-state index is 11.9. The van der Waals surface area contributed by atoms with Crippen molar-refractivity contribution >= 4 is 28.5 Å². The van der Waals surface area contributed by atoms with Gasteiger partial charge < -0.3 is 10.0 Å². The van der Waals surface area contributed by atoms with E-state index in [4.69, 9.17) is 5.11 Å². The number of urea groups is 1. The van der Waals surface area contributed by atoms with Crippen LogP contribution in [0.5, 0.6) is 0 Å². The number of carboxylic acid groups (broad SMARTS) is 1. The number of carbonyl (C=O) groups is 2. The second-order valence-corrected chi connectivity index (χ2v) is 5.36. The van der Waals surface area contributed by atoms with Gasteiger partial charge in [-0.2, -0.15) is 0 Å². The summed E-state index contributed by atoms with van der Waals surface area (Å²) in [5.74, 6) is -1.32. The Morgan fingerprint density at radius 3 is 2.89 bits per heavy atom. The molecule has 2 rings (SSSR count). The molecule has 18 heavy (non-hydrogen) atoms. The van der Waals surface area contributed by atoms with Gasteiger partial charge in [0, 0.05) is 13.1 Å². The number of piperidine rings is 1. The number of aryl methyl sites for hydroxylation is 1. The van der Waals surface area contributed by atoms with Crippen molar-refractivity contribution < 1.29 is 14.7 Å². The van der Waals surface area contributed by atoms with Gasteiger partial charge in [0.2, 0.25) is 5.13 Å². The van der Waals surface area contributed by atoms with Gasteiger partial charge in [-0.15, -0.1) is 10.2 Å². The van der Waals surface area contributed by atoms with Crippen LogP contribution in [0.25, 0.3) is 0 Å². The van der Waals surface area contributed by atoms with E-state index in [1.807, 2.05) is 0 Å². The number of hydrogen-bond acceptors (Lipinski definition) is 5. The highest BCUT2D eigenvalue weighted by Gasteiger charge is 2.28. The summed E-state index contributed by atoms with van der Waals surface area (Å²) in [5.41, 5.74) is 0. The van der Waals surface area contributed by atoms with Crippen LogP contribution in [0.2, 0.25) is 0 Å². The number of anilines is 1. The Hall–Kier alpha value is -1.70. The molecule has 2 heterocycles. The summed E-state index contributed by atoms with van der Waals surface area (Å²) in [7, 11) is 0. The molecule has 1 atom stereocenters. The van der Waals surface area contributed by atoms with Gasteiger partial charge in [0.25, 0.3) is 0 Å². The Balaban J connectivity index is 1.94. The fourth-order valence-electron chi connectivity index (χ4n) is 1.88. The lowest BCUT2D eigenvalue weighted by Crippen LogP contribution is -2.44. The number of hydrogen-bond donors (Lipinski definition) is 2. The molecular formula is C10H14N4O3S. The number of rotatable bonds is 2. The van der Waals surface area contributed by atoms with Crippen LogP contribution in [0.15, 0.2) is 0 Å². The molecule has 1 aromatic rings. The number of aliphatic carboxylic acids is 1. The van der Waals surface area contributed by atoms with Crippen molar-refractivity contribution in [3.05, 3.63) is 5.01 Å². The van der Waals surface area contributed by atoms with E-state index in [9.17, 15) is 9.59 Å². The second-order valence-electron chi connectivity index (χ2n) is 4.18. The molecule has 0 spiro atoms. The highest BCUT2D eigenvalue weighted by molar-refractivity contribution is 7.15. The molecule has 8 heteroatoms. The number of carbonyl (C=O) groups excluding carboxylic acids is 1. The van der Waals surface area contributed by atoms with Crippen LogP contribution in [0.3, 0.4) is 0 Å². The standard InChI is InChI=1S/C10H14N4O3S/c1-6-12-13-9(18-6)11-10(17)14-4-2-3-7(5-14)8(15)16/h7H,2-5H2,1H3,(H,15,16)(H,11,13,17)/t7-/m1/s1. The van der Waals surface area contributed by atoms with Crippen molar-refractivity contribution in [3.8, 4) is 0 Å². The lowest BCUT2D eigenvalue weighted by atomic mass is 9.99. The van der Waals surface area contributed by atoms with Crippen molar-refractivity contribution in [2.45, 2.75) is 19.8 Å². The highest BCUT2D eigenvalue weighted by Crippen LogP contribution is 2.19. The van der Waals surface area contributed by atoms with E-state index in [-0.39, 0.29) is 12.6 Å². The summed E-state index contributed by atoms with van der Waals surface area (Å²) in [6.07, 6.45) is 1.33. The van der Waals surface area contributed by atoms with Gasteiger partial charge in [0.1, 0.15) is 5.01 Å². The first-order valence-corrected chi connectivity index (χ1v) is 6.47. The molecule has 1 aromatic heterocycles. The number of aromatic nitrogens is 2. The Morgan fingerprint density at radius 2 is 2.28 bits per heavy atom. The first-order chi connectivity index (χ1) is 8.56. The molecule has 1 aliphatic rings. The topological polar surface area (TPSA) is 95.4 Å². The lowest BCUT2D eigenvalue weighted by molar-refractivity contribution is -0.143. The first kappa shape index (κ1) is 12.7. The molecule has 1 saturated heterocycles. The predicted octanol–water partition coefficient (Wildman–Crippen LogP) is 1.18. The largest absolute Gasteiger partial charge is 0.481 e. The van der Waals surface area contributed by atoms with Gasteiger partial charge in [0.15, 0.2) is 0 Å². The molecule has 1 fully saturated rings. The van der Waals surface area contributed by atoms with Gasteiger partial charge in [-0.1, -0.05) is 11.3 Å². The highest BCUT2D eigenvalue weighted by atomic mass is 32.1. The van der Waals surface area contributed by atoms with Crippen molar-refractivity contribution in [1.29, 1.82) is 0 Å². The van der Waals surface area contributed by atoms with Crippen LogP contribution in [-0.2, 0) is 4.79 Å². The third kappa shape index (κ3) is 2.95. The number of amides is 2. The van der Waals surface area contributed by atoms with Crippen LogP contribution in [0.1, 0.15) is 17.8 Å². The lowest BCUT2D eigenvalue weighted by Gasteiger charge is -2.30. The molecule has 0 saturated carbocycles. The predicted molar refractivity (Wildman–Crippen MR) is 65.6 cm³/mol. The maximum atomic E-state index is 11.9. The van der Waals surface area contributed by atoms with E-state index in [0.717, 1.165) is 5.01 Å². The Labute approximate surface area is 108 Å². The minimum atomic E-state index is -0.848. The smallest absolute Gasteiger partial charge is 0.323 e. The molecule has 0 bridgehead atoms. The number of nitrogens with zero attached hydrogens (tertiary/aromatic N) is 3. The molecular weight excluding hydrogens is 256 g/mol. The summed E-state index contributed by atoms with van der Waals surface area (Å²) >= 11 is 1.29. The zero-order valence-corrected chi connectivity index (χ0v) is 10.7. The average Bonchev–Trinajstić information content (AvgIpc) is 2.75. The molecule has 0 radical (unpaired) electrons. The van der Waals surface area contributed by atoms with Gasteiger partial charge in [0.05, 0.1) is 5.92 Å². The summed E-state index contributed by atoms with van der Waals surface area (Å²) < 4.78 is 0. The minimum absolute atomic E-state index is 0.249. The fourth-order valence-corrected chi connectivity index (χ4v) is 2.46. The number of nitrogens with one attached hydrogen (secondary N) is 1. The average molecular weight is 270 g/mol. The van der Waals surface area contributed by atoms with Crippen molar-refractivity contribution in [2.75, 3.05) is 18.4 Å². The normalized spacial score (nSPS) is 19.6. The molecule has 1 aliphatic heterocycles. The van der Waals surface area contributed by atoms with E-state index >= 15 is 0 Å². The van der Waals surface area contributed by atoms with Crippen LogP contribution in [-0.4, -0.2) is 45.3 Å². The van der Waals surface area contributed by atoms with Gasteiger partial charge >= 0.3 is 12.0 Å². The van der Waals surface area contributed by atoms with Crippen LogP contribution < -0.4 is 5.32 Å². The van der Waals surface area contributed by atoms with E-state index in [0.29, 0.717) is 24.5 Å². The SMILES string of the molecule is Cc1nnc(NC(=O)N2CCC[C@@H](C(=O)O)C2)s1. The summed E-state index contributed by atoms with van der Waals surface area (Å²) in [4.78, 5) is 24.3. The maximum Gasteiger partial charge on any atom is 0.323 e. The third-order valence-corrected chi connectivity index (χ3v) is 3.55. The Kier molecular flexibility index (Phi) is 3.75. The zero-order valence-electron chi connectivity index (χ0n) is 9.92. The second kappa shape index (κ2) is 5.30. The first-order valence-electron chi connectivity index (χ1n) is 5.65. The van der Waals surface area contributed by atoms with Crippen molar-refractivity contribution in [1.82, 2.24) is 15.1 Å². The monoisotopic (exact) mass is 270 g/mol. The molecule has 2 amide bonds. The molecule has 98 valence electrons. The molecule has 0 unspecified atom stereocenters. The third-order valence-electron chi connectivity index (χ3n) is 2.80. The summed E-state index contributed by atoms with van der Waals surface area (Å²) in [6.45, 7) is 2.63. The molecule has 0 aliphatic carbocycles. The Bertz CT molecular complexity index is 462. The van der Waals surface area contributed by atoms with Crippen LogP contribution in [0.4, 0.5) is 9.93 Å². The summed E-state index contributed by atoms with van der Waals surface area (Å²) in [6, 6.07) is -0.308. The molecule has 2 N–H and O–H groups in total. The molecule has 0 aromatic carbocycles. The van der Waals surface area contributed by atoms with Crippen molar-refractivity contribution in [2.24, 2.45) is 5.92 Å². The van der Waals surface area contributed by atoms with Crippen LogP contribution >= 0.6 is 11.3 Å². The molecule has 7 nitrogen and oxygen atoms in total. The fraction of sp³-hybridized carbons (Fsp3) is 0.600. The van der Waals surface area contributed by atoms with E-state index < -0.39 is 11.9 Å². The van der Waals surface area contributed by atoms with Crippen LogP contribution in [0, 0.1) is 12.8 Å². The van der Waals surface area contributed by atoms with Gasteiger partial charge in [-0.05, 0) is 19.8 Å². The van der Waals surface area contributed by atoms with E-state index in [2.05, 4.69) is 15.5 Å². The Morgan fingerprint density at radius 1 is 1.50 bits per heavy atom. The van der Waals surface area contributed by atoms with Gasteiger partial charge in [-0.3, -0.25) is 10.1 Å². The van der Waals surface area contributed by atoms with Gasteiger partial charge in [-0.25, -0.2) is 4.79 Å². The quantitative estimate of drug-likeness (QED) is 0.841. The number of carboxylic acids is 1. The van der Waals surface area contributed by atoms with Crippen molar-refractivity contribution in [3.63, 3.8) is 0 Å². The minimum Gasteiger partial charge on any atom is -0.481 e. The summed E-state index contributed by atoms with van der Waals surface area (Å²) in [5, 5.41) is 20.4. The van der Waals surface area contributed by atoms with E-state index in [1.165, 1.54) is 16.2 Å². The number of likely N-dealkylation sites (tertiary alicyclic amines) is 1. The van der Waals surface area contributed by atoms with E-state index in [1.54, 1.807) is 6.92 Å².